The quantitative estimate of drug-likeness (QED) is 0.240. The topological polar surface area (TPSA) is 74.8 Å². The number of hydrogen-bond acceptors (Lipinski definition) is 3. The molecule has 150 valence electrons. The molecule has 3 rings (SSSR count). The van der Waals surface area contributed by atoms with E-state index < -0.39 is 0 Å². The van der Waals surface area contributed by atoms with E-state index in [-0.39, 0.29) is 36.0 Å². The van der Waals surface area contributed by atoms with Gasteiger partial charge in [0.15, 0.2) is 5.96 Å². The van der Waals surface area contributed by atoms with Gasteiger partial charge in [0.2, 0.25) is 0 Å². The highest BCUT2D eigenvalue weighted by molar-refractivity contribution is 14.0. The van der Waals surface area contributed by atoms with E-state index in [1.54, 1.807) is 31.3 Å². The molecule has 2 aromatic carbocycles. The van der Waals surface area contributed by atoms with Crippen molar-refractivity contribution in [3.05, 3.63) is 64.7 Å². The molecule has 1 aliphatic heterocycles. The minimum absolute atomic E-state index is 0. The molecular formula is C20H24ClIN4O2. The monoisotopic (exact) mass is 514 g/mol. The molecule has 1 unspecified atom stereocenters. The second-order valence-electron chi connectivity index (χ2n) is 6.19. The number of benzene rings is 2. The van der Waals surface area contributed by atoms with Crippen molar-refractivity contribution in [3.8, 4) is 5.75 Å². The Balaban J connectivity index is 0.00000280. The molecule has 1 atom stereocenters. The first kappa shape index (κ1) is 22.3. The number of nitrogens with one attached hydrogen (secondary N) is 3. The Bertz CT molecular complexity index is 789. The summed E-state index contributed by atoms with van der Waals surface area (Å²) in [5.74, 6) is 1.50. The van der Waals surface area contributed by atoms with Crippen molar-refractivity contribution in [2.75, 3.05) is 26.7 Å². The fourth-order valence-corrected chi connectivity index (χ4v) is 2.99. The summed E-state index contributed by atoms with van der Waals surface area (Å²) in [6.07, 6.45) is 0.975. The van der Waals surface area contributed by atoms with Crippen molar-refractivity contribution in [2.24, 2.45) is 4.99 Å². The summed E-state index contributed by atoms with van der Waals surface area (Å²) in [5, 5.41) is 9.90. The highest BCUT2D eigenvalue weighted by atomic mass is 127. The van der Waals surface area contributed by atoms with E-state index in [0.717, 1.165) is 12.2 Å². The van der Waals surface area contributed by atoms with Crippen LogP contribution in [0, 0.1) is 0 Å². The molecule has 2 aromatic rings. The Hall–Kier alpha value is -2.00. The molecule has 3 N–H and O–H groups in total. The number of ether oxygens (including phenoxy) is 1. The number of carbonyl (C=O) groups excluding carboxylic acids is 1. The molecule has 28 heavy (non-hydrogen) atoms. The van der Waals surface area contributed by atoms with E-state index in [1.165, 1.54) is 5.56 Å². The Morgan fingerprint density at radius 3 is 2.54 bits per heavy atom. The number of guanidine groups is 1. The largest absolute Gasteiger partial charge is 0.488 e. The number of hydrogen-bond donors (Lipinski definition) is 3. The van der Waals surface area contributed by atoms with Crippen LogP contribution in [-0.4, -0.2) is 44.7 Å². The predicted molar refractivity (Wildman–Crippen MR) is 123 cm³/mol. The van der Waals surface area contributed by atoms with Crippen LogP contribution in [0.25, 0.3) is 0 Å². The standard InChI is InChI=1S/C20H23ClN4O2.HI/c1-22-20(25-13-17-12-15-4-2-3-5-18(15)27-17)24-11-10-23-19(26)14-6-8-16(21)9-7-14;/h2-9,17H,10-13H2,1H3,(H,23,26)(H2,22,24,25);1H. The summed E-state index contributed by atoms with van der Waals surface area (Å²) in [7, 11) is 1.71. The van der Waals surface area contributed by atoms with Gasteiger partial charge < -0.3 is 20.7 Å². The Morgan fingerprint density at radius 1 is 1.11 bits per heavy atom. The molecule has 0 saturated heterocycles. The van der Waals surface area contributed by atoms with Crippen LogP contribution in [0.5, 0.6) is 5.75 Å². The molecule has 0 aliphatic carbocycles. The van der Waals surface area contributed by atoms with Crippen LogP contribution in [0.1, 0.15) is 15.9 Å². The lowest BCUT2D eigenvalue weighted by Gasteiger charge is -2.15. The first-order valence-electron chi connectivity index (χ1n) is 8.88. The molecule has 1 amide bonds. The van der Waals surface area contributed by atoms with Crippen LogP contribution in [0.15, 0.2) is 53.5 Å². The zero-order valence-corrected chi connectivity index (χ0v) is 18.7. The van der Waals surface area contributed by atoms with Crippen molar-refractivity contribution >= 4 is 47.4 Å². The second-order valence-corrected chi connectivity index (χ2v) is 6.63. The number of fused-ring (bicyclic) bond motifs is 1. The van der Waals surface area contributed by atoms with Gasteiger partial charge in [0.25, 0.3) is 5.91 Å². The van der Waals surface area contributed by atoms with E-state index in [4.69, 9.17) is 16.3 Å². The fourth-order valence-electron chi connectivity index (χ4n) is 2.86. The minimum Gasteiger partial charge on any atom is -0.488 e. The molecule has 0 fully saturated rings. The van der Waals surface area contributed by atoms with Crippen molar-refractivity contribution in [2.45, 2.75) is 12.5 Å². The number of amides is 1. The molecule has 0 spiro atoms. The molecule has 8 heteroatoms. The third-order valence-electron chi connectivity index (χ3n) is 4.24. The fraction of sp³-hybridized carbons (Fsp3) is 0.300. The van der Waals surface area contributed by atoms with Gasteiger partial charge in [-0.15, -0.1) is 24.0 Å². The van der Waals surface area contributed by atoms with Crippen molar-refractivity contribution in [1.82, 2.24) is 16.0 Å². The Morgan fingerprint density at radius 2 is 1.82 bits per heavy atom. The maximum atomic E-state index is 12.0. The molecule has 6 nitrogen and oxygen atoms in total. The first-order valence-corrected chi connectivity index (χ1v) is 9.26. The average molecular weight is 515 g/mol. The van der Waals surface area contributed by atoms with Crippen LogP contribution >= 0.6 is 35.6 Å². The summed E-state index contributed by atoms with van der Waals surface area (Å²) in [6.45, 7) is 1.70. The number of nitrogens with zero attached hydrogens (tertiary/aromatic N) is 1. The van der Waals surface area contributed by atoms with Gasteiger partial charge in [-0.05, 0) is 35.9 Å². The van der Waals surface area contributed by atoms with Gasteiger partial charge in [-0.25, -0.2) is 0 Å². The molecule has 0 radical (unpaired) electrons. The molecule has 0 saturated carbocycles. The van der Waals surface area contributed by atoms with Gasteiger partial charge in [-0.1, -0.05) is 29.8 Å². The van der Waals surface area contributed by atoms with Crippen LogP contribution in [-0.2, 0) is 6.42 Å². The predicted octanol–water partition coefficient (Wildman–Crippen LogP) is 2.86. The van der Waals surface area contributed by atoms with Crippen LogP contribution in [0.2, 0.25) is 5.02 Å². The zero-order valence-electron chi connectivity index (χ0n) is 15.6. The number of para-hydroxylation sites is 1. The van der Waals surface area contributed by atoms with E-state index in [0.29, 0.717) is 36.2 Å². The van der Waals surface area contributed by atoms with Gasteiger partial charge in [-0.2, -0.15) is 0 Å². The van der Waals surface area contributed by atoms with Crippen LogP contribution in [0.4, 0.5) is 0 Å². The van der Waals surface area contributed by atoms with Gasteiger partial charge in [0.1, 0.15) is 11.9 Å². The highest BCUT2D eigenvalue weighted by Crippen LogP contribution is 2.27. The summed E-state index contributed by atoms with van der Waals surface area (Å²) in [4.78, 5) is 16.2. The van der Waals surface area contributed by atoms with Gasteiger partial charge in [0.05, 0.1) is 6.54 Å². The number of carbonyl (C=O) groups is 1. The molecule has 0 bridgehead atoms. The van der Waals surface area contributed by atoms with Gasteiger partial charge >= 0.3 is 0 Å². The number of halogens is 2. The van der Waals surface area contributed by atoms with Crippen molar-refractivity contribution < 1.29 is 9.53 Å². The van der Waals surface area contributed by atoms with Crippen molar-refractivity contribution in [3.63, 3.8) is 0 Å². The van der Waals surface area contributed by atoms with Crippen LogP contribution in [0.3, 0.4) is 0 Å². The number of rotatable bonds is 6. The second kappa shape index (κ2) is 11.1. The SMILES string of the molecule is CN=C(NCCNC(=O)c1ccc(Cl)cc1)NCC1Cc2ccccc2O1.I. The van der Waals surface area contributed by atoms with Gasteiger partial charge in [-0.3, -0.25) is 9.79 Å². The maximum Gasteiger partial charge on any atom is 0.251 e. The normalized spacial score (nSPS) is 15.1. The average Bonchev–Trinajstić information content (AvgIpc) is 3.10. The minimum atomic E-state index is -0.131. The lowest BCUT2D eigenvalue weighted by molar-refractivity contribution is 0.0954. The van der Waals surface area contributed by atoms with Crippen molar-refractivity contribution in [1.29, 1.82) is 0 Å². The highest BCUT2D eigenvalue weighted by Gasteiger charge is 2.22. The summed E-state index contributed by atoms with van der Waals surface area (Å²) >= 11 is 5.83. The number of aliphatic imine (C=N–C) groups is 1. The molecule has 0 aromatic heterocycles. The summed E-state index contributed by atoms with van der Waals surface area (Å²) < 4.78 is 5.90. The smallest absolute Gasteiger partial charge is 0.251 e. The Labute approximate surface area is 187 Å². The third-order valence-corrected chi connectivity index (χ3v) is 4.50. The van der Waals surface area contributed by atoms with Gasteiger partial charge in [0, 0.05) is 37.1 Å². The molecule has 1 heterocycles. The van der Waals surface area contributed by atoms with E-state index >= 15 is 0 Å². The van der Waals surface area contributed by atoms with Crippen LogP contribution < -0.4 is 20.7 Å². The van der Waals surface area contributed by atoms with E-state index in [1.807, 2.05) is 18.2 Å². The summed E-state index contributed by atoms with van der Waals surface area (Å²) in [5.41, 5.74) is 1.82. The third kappa shape index (κ3) is 6.27. The maximum absolute atomic E-state index is 12.0. The first-order chi connectivity index (χ1) is 13.2. The zero-order chi connectivity index (χ0) is 19.1. The molecule has 1 aliphatic rings. The van der Waals surface area contributed by atoms with E-state index in [2.05, 4.69) is 27.0 Å². The summed E-state index contributed by atoms with van der Waals surface area (Å²) in [6, 6.07) is 14.9. The molecular weight excluding hydrogens is 491 g/mol. The van der Waals surface area contributed by atoms with E-state index in [9.17, 15) is 4.79 Å². The Kier molecular flexibility index (Phi) is 8.85. The lowest BCUT2D eigenvalue weighted by Crippen LogP contribution is -2.44. The lowest BCUT2D eigenvalue weighted by atomic mass is 10.1.